The van der Waals surface area contributed by atoms with Crippen molar-refractivity contribution in [1.29, 1.82) is 0 Å². The average molecular weight is 265 g/mol. The van der Waals surface area contributed by atoms with E-state index in [2.05, 4.69) is 5.32 Å². The van der Waals surface area contributed by atoms with Gasteiger partial charge in [0, 0.05) is 6.54 Å². The lowest BCUT2D eigenvalue weighted by atomic mass is 10.6. The number of hydrogen-bond donors (Lipinski definition) is 2. The average Bonchev–Trinajstić information content (AvgIpc) is 2.39. The molecule has 1 amide bonds. The lowest BCUT2D eigenvalue weighted by molar-refractivity contribution is -0.126. The molecular weight excluding hydrogens is 238 g/mol. The first-order chi connectivity index (χ1) is 8.81. The summed E-state index contributed by atoms with van der Waals surface area (Å²) in [6, 6.07) is 0. The number of amides is 1. The van der Waals surface area contributed by atoms with E-state index in [-0.39, 0.29) is 19.1 Å². The third-order valence-corrected chi connectivity index (χ3v) is 1.59. The van der Waals surface area contributed by atoms with Gasteiger partial charge in [-0.05, 0) is 6.92 Å². The summed E-state index contributed by atoms with van der Waals surface area (Å²) in [6.07, 6.45) is 0. The third-order valence-electron chi connectivity index (χ3n) is 1.59. The van der Waals surface area contributed by atoms with Crippen LogP contribution in [0, 0.1) is 0 Å². The molecule has 0 bridgehead atoms. The maximum atomic E-state index is 10.9. The molecule has 0 unspecified atom stereocenters. The number of nitrogens with one attached hydrogen (secondary N) is 1. The molecule has 0 radical (unpaired) electrons. The van der Waals surface area contributed by atoms with Crippen LogP contribution in [0.4, 0.5) is 0 Å². The lowest BCUT2D eigenvalue weighted by Gasteiger charge is -2.06. The van der Waals surface area contributed by atoms with Gasteiger partial charge in [-0.3, -0.25) is 4.79 Å². The minimum Gasteiger partial charge on any atom is -0.394 e. The summed E-state index contributed by atoms with van der Waals surface area (Å²) in [6.45, 7) is 8.62. The molecular formula is C12H27NO5. The SMILES string of the molecule is CC.CCNC(=O)COCCOCCOCCO. The zero-order chi connectivity index (χ0) is 14.1. The van der Waals surface area contributed by atoms with Crippen LogP contribution >= 0.6 is 0 Å². The quantitative estimate of drug-likeness (QED) is 0.522. The van der Waals surface area contributed by atoms with E-state index in [0.29, 0.717) is 39.6 Å². The largest absolute Gasteiger partial charge is 0.394 e. The molecule has 0 aliphatic rings. The lowest BCUT2D eigenvalue weighted by Crippen LogP contribution is -2.27. The second kappa shape index (κ2) is 18.7. The summed E-state index contributed by atoms with van der Waals surface area (Å²) < 4.78 is 15.2. The fourth-order valence-corrected chi connectivity index (χ4v) is 0.917. The van der Waals surface area contributed by atoms with Crippen LogP contribution in [-0.2, 0) is 19.0 Å². The van der Waals surface area contributed by atoms with Gasteiger partial charge >= 0.3 is 0 Å². The first kappa shape index (κ1) is 19.6. The second-order valence-electron chi connectivity index (χ2n) is 2.95. The Morgan fingerprint density at radius 3 is 2.00 bits per heavy atom. The number of carbonyl (C=O) groups excluding carboxylic acids is 1. The Labute approximate surface area is 110 Å². The van der Waals surface area contributed by atoms with Crippen molar-refractivity contribution in [1.82, 2.24) is 5.32 Å². The maximum absolute atomic E-state index is 10.9. The maximum Gasteiger partial charge on any atom is 0.245 e. The standard InChI is InChI=1S/C10H21NO5.C2H6/c1-2-11-10(13)9-16-8-7-15-6-5-14-4-3-12;1-2/h12H,2-9H2,1H3,(H,11,13);1-2H3. The molecule has 0 aromatic heterocycles. The van der Waals surface area contributed by atoms with Crippen molar-refractivity contribution in [3.63, 3.8) is 0 Å². The number of rotatable bonds is 11. The van der Waals surface area contributed by atoms with Gasteiger partial charge in [0.15, 0.2) is 0 Å². The van der Waals surface area contributed by atoms with Crippen LogP contribution < -0.4 is 5.32 Å². The number of likely N-dealkylation sites (N-methyl/N-ethyl adjacent to an activating group) is 1. The summed E-state index contributed by atoms with van der Waals surface area (Å²) in [7, 11) is 0. The summed E-state index contributed by atoms with van der Waals surface area (Å²) in [5.74, 6) is -0.117. The van der Waals surface area contributed by atoms with Crippen molar-refractivity contribution in [2.24, 2.45) is 0 Å². The monoisotopic (exact) mass is 265 g/mol. The van der Waals surface area contributed by atoms with E-state index in [0.717, 1.165) is 0 Å². The van der Waals surface area contributed by atoms with Crippen molar-refractivity contribution in [2.45, 2.75) is 20.8 Å². The number of hydrogen-bond acceptors (Lipinski definition) is 5. The second-order valence-corrected chi connectivity index (χ2v) is 2.95. The molecule has 2 N–H and O–H groups in total. The predicted molar refractivity (Wildman–Crippen MR) is 69.6 cm³/mol. The molecule has 6 nitrogen and oxygen atoms in total. The first-order valence-electron chi connectivity index (χ1n) is 6.42. The van der Waals surface area contributed by atoms with Crippen LogP contribution in [0.3, 0.4) is 0 Å². The number of aliphatic hydroxyl groups is 1. The van der Waals surface area contributed by atoms with Crippen molar-refractivity contribution in [2.75, 3.05) is 52.8 Å². The Hall–Kier alpha value is -0.690. The van der Waals surface area contributed by atoms with E-state index >= 15 is 0 Å². The first-order valence-corrected chi connectivity index (χ1v) is 6.42. The molecule has 0 aliphatic heterocycles. The fourth-order valence-electron chi connectivity index (χ4n) is 0.917. The van der Waals surface area contributed by atoms with Gasteiger partial charge in [-0.1, -0.05) is 13.8 Å². The molecule has 0 saturated heterocycles. The number of aliphatic hydroxyl groups excluding tert-OH is 1. The Kier molecular flexibility index (Phi) is 20.4. The molecule has 0 saturated carbocycles. The molecule has 0 atom stereocenters. The molecule has 0 aromatic rings. The van der Waals surface area contributed by atoms with Gasteiger partial charge in [-0.15, -0.1) is 0 Å². The van der Waals surface area contributed by atoms with E-state index in [4.69, 9.17) is 19.3 Å². The smallest absolute Gasteiger partial charge is 0.245 e. The highest BCUT2D eigenvalue weighted by molar-refractivity contribution is 5.77. The molecule has 6 heteroatoms. The molecule has 0 aliphatic carbocycles. The van der Waals surface area contributed by atoms with E-state index < -0.39 is 0 Å². The minimum atomic E-state index is -0.117. The van der Waals surface area contributed by atoms with Crippen LogP contribution in [0.5, 0.6) is 0 Å². The molecule has 0 heterocycles. The van der Waals surface area contributed by atoms with E-state index in [9.17, 15) is 4.79 Å². The minimum absolute atomic E-state index is 0.0235. The van der Waals surface area contributed by atoms with Gasteiger partial charge in [-0.25, -0.2) is 0 Å². The normalized spacial score (nSPS) is 9.56. The third kappa shape index (κ3) is 17.7. The Bertz CT molecular complexity index is 167. The van der Waals surface area contributed by atoms with E-state index in [1.54, 1.807) is 0 Å². The number of ether oxygens (including phenoxy) is 3. The highest BCUT2D eigenvalue weighted by atomic mass is 16.5. The van der Waals surface area contributed by atoms with Gasteiger partial charge in [0.2, 0.25) is 5.91 Å². The van der Waals surface area contributed by atoms with Crippen LogP contribution in [0.25, 0.3) is 0 Å². The summed E-state index contributed by atoms with van der Waals surface area (Å²) in [5.41, 5.74) is 0. The van der Waals surface area contributed by atoms with Crippen molar-refractivity contribution < 1.29 is 24.1 Å². The Morgan fingerprint density at radius 1 is 1.00 bits per heavy atom. The van der Waals surface area contributed by atoms with Crippen LogP contribution in [-0.4, -0.2) is 63.8 Å². The molecule has 0 fully saturated rings. The molecule has 0 spiro atoms. The van der Waals surface area contributed by atoms with Crippen LogP contribution in [0.1, 0.15) is 20.8 Å². The van der Waals surface area contributed by atoms with Crippen LogP contribution in [0.15, 0.2) is 0 Å². The van der Waals surface area contributed by atoms with Gasteiger partial charge in [0.1, 0.15) is 6.61 Å². The zero-order valence-corrected chi connectivity index (χ0v) is 11.7. The van der Waals surface area contributed by atoms with Gasteiger partial charge in [0.05, 0.1) is 39.6 Å². The Balaban J connectivity index is 0. The molecule has 110 valence electrons. The Morgan fingerprint density at radius 2 is 1.50 bits per heavy atom. The highest BCUT2D eigenvalue weighted by Gasteiger charge is 1.98. The summed E-state index contributed by atoms with van der Waals surface area (Å²) in [4.78, 5) is 10.9. The van der Waals surface area contributed by atoms with Crippen molar-refractivity contribution >= 4 is 5.91 Å². The summed E-state index contributed by atoms with van der Waals surface area (Å²) in [5, 5.41) is 11.0. The van der Waals surface area contributed by atoms with Gasteiger partial charge < -0.3 is 24.6 Å². The van der Waals surface area contributed by atoms with E-state index in [1.165, 1.54) is 0 Å². The topological polar surface area (TPSA) is 77.0 Å². The molecule has 0 rings (SSSR count). The van der Waals surface area contributed by atoms with Gasteiger partial charge in [0.25, 0.3) is 0 Å². The van der Waals surface area contributed by atoms with E-state index in [1.807, 2.05) is 20.8 Å². The zero-order valence-electron chi connectivity index (χ0n) is 11.7. The van der Waals surface area contributed by atoms with Crippen LogP contribution in [0.2, 0.25) is 0 Å². The summed E-state index contributed by atoms with van der Waals surface area (Å²) >= 11 is 0. The highest BCUT2D eigenvalue weighted by Crippen LogP contribution is 1.81. The van der Waals surface area contributed by atoms with Crippen molar-refractivity contribution in [3.8, 4) is 0 Å². The molecule has 18 heavy (non-hydrogen) atoms. The van der Waals surface area contributed by atoms with Gasteiger partial charge in [-0.2, -0.15) is 0 Å². The number of carbonyl (C=O) groups is 1. The molecule has 0 aromatic carbocycles. The fraction of sp³-hybridized carbons (Fsp3) is 0.917. The predicted octanol–water partition coefficient (Wildman–Crippen LogP) is 0.191. The van der Waals surface area contributed by atoms with Crippen molar-refractivity contribution in [3.05, 3.63) is 0 Å².